The standard InChI is InChI=1S/C14H15BrN2O/c1-9(2)7-12-8-13(18)17-14(16-12)10-3-5-11(15)6-4-10/h3-6,8-9H,7H2,1-2H3,(H,16,17,18). The van der Waals surface area contributed by atoms with Crippen LogP contribution in [0.1, 0.15) is 19.5 Å². The Bertz CT molecular complexity index is 587. The molecule has 0 spiro atoms. The summed E-state index contributed by atoms with van der Waals surface area (Å²) in [6.45, 7) is 4.23. The fourth-order valence-corrected chi connectivity index (χ4v) is 2.04. The van der Waals surface area contributed by atoms with Crippen LogP contribution in [-0.2, 0) is 6.42 Å². The molecule has 0 aliphatic rings. The highest BCUT2D eigenvalue weighted by atomic mass is 79.9. The zero-order valence-electron chi connectivity index (χ0n) is 10.4. The molecular formula is C14H15BrN2O. The lowest BCUT2D eigenvalue weighted by molar-refractivity contribution is 0.634. The molecule has 0 saturated heterocycles. The van der Waals surface area contributed by atoms with Crippen molar-refractivity contribution in [3.8, 4) is 11.4 Å². The van der Waals surface area contributed by atoms with Crippen molar-refractivity contribution in [2.45, 2.75) is 20.3 Å². The molecule has 2 aromatic rings. The summed E-state index contributed by atoms with van der Waals surface area (Å²) in [5, 5.41) is 0. The van der Waals surface area contributed by atoms with Gasteiger partial charge in [-0.2, -0.15) is 0 Å². The molecule has 0 fully saturated rings. The largest absolute Gasteiger partial charge is 0.307 e. The third-order valence-corrected chi connectivity index (χ3v) is 3.06. The molecule has 0 aliphatic carbocycles. The number of benzene rings is 1. The summed E-state index contributed by atoms with van der Waals surface area (Å²) in [6.07, 6.45) is 0.813. The summed E-state index contributed by atoms with van der Waals surface area (Å²) in [5.74, 6) is 1.11. The molecule has 0 aliphatic heterocycles. The van der Waals surface area contributed by atoms with Gasteiger partial charge in [0.15, 0.2) is 0 Å². The van der Waals surface area contributed by atoms with E-state index in [0.717, 1.165) is 22.2 Å². The van der Waals surface area contributed by atoms with Gasteiger partial charge in [0.2, 0.25) is 0 Å². The number of hydrogen-bond acceptors (Lipinski definition) is 2. The quantitative estimate of drug-likeness (QED) is 0.944. The van der Waals surface area contributed by atoms with Crippen molar-refractivity contribution >= 4 is 15.9 Å². The van der Waals surface area contributed by atoms with E-state index in [0.29, 0.717) is 11.7 Å². The second-order valence-electron chi connectivity index (χ2n) is 4.69. The third-order valence-electron chi connectivity index (χ3n) is 2.53. The van der Waals surface area contributed by atoms with E-state index in [1.165, 1.54) is 0 Å². The van der Waals surface area contributed by atoms with Gasteiger partial charge in [-0.25, -0.2) is 4.98 Å². The molecule has 0 atom stereocenters. The molecule has 2 rings (SSSR count). The summed E-state index contributed by atoms with van der Waals surface area (Å²) >= 11 is 3.39. The van der Waals surface area contributed by atoms with Crippen LogP contribution < -0.4 is 5.56 Å². The van der Waals surface area contributed by atoms with Gasteiger partial charge in [0.1, 0.15) is 5.82 Å². The monoisotopic (exact) mass is 306 g/mol. The maximum absolute atomic E-state index is 11.6. The third kappa shape index (κ3) is 3.29. The van der Waals surface area contributed by atoms with Crippen molar-refractivity contribution < 1.29 is 0 Å². The van der Waals surface area contributed by atoms with Gasteiger partial charge in [0.05, 0.1) is 0 Å². The first-order valence-electron chi connectivity index (χ1n) is 5.91. The lowest BCUT2D eigenvalue weighted by atomic mass is 10.1. The Labute approximate surface area is 114 Å². The SMILES string of the molecule is CC(C)Cc1cc(=O)[nH]c(-c2ccc(Br)cc2)n1. The Morgan fingerprint density at radius 3 is 2.56 bits per heavy atom. The number of nitrogens with one attached hydrogen (secondary N) is 1. The highest BCUT2D eigenvalue weighted by Gasteiger charge is 2.05. The van der Waals surface area contributed by atoms with Crippen LogP contribution in [0, 0.1) is 5.92 Å². The average molecular weight is 307 g/mol. The number of aromatic amines is 1. The van der Waals surface area contributed by atoms with Gasteiger partial charge in [-0.15, -0.1) is 0 Å². The van der Waals surface area contributed by atoms with E-state index >= 15 is 0 Å². The van der Waals surface area contributed by atoms with E-state index in [-0.39, 0.29) is 5.56 Å². The lowest BCUT2D eigenvalue weighted by Crippen LogP contribution is -2.11. The van der Waals surface area contributed by atoms with E-state index < -0.39 is 0 Å². The maximum atomic E-state index is 11.6. The maximum Gasteiger partial charge on any atom is 0.251 e. The first-order chi connectivity index (χ1) is 8.54. The minimum absolute atomic E-state index is 0.0985. The van der Waals surface area contributed by atoms with Crippen molar-refractivity contribution in [2.24, 2.45) is 5.92 Å². The average Bonchev–Trinajstić information content (AvgIpc) is 2.28. The van der Waals surface area contributed by atoms with Crippen LogP contribution in [0.2, 0.25) is 0 Å². The van der Waals surface area contributed by atoms with Gasteiger partial charge in [0, 0.05) is 21.8 Å². The smallest absolute Gasteiger partial charge is 0.251 e. The molecule has 94 valence electrons. The van der Waals surface area contributed by atoms with Crippen LogP contribution in [0.5, 0.6) is 0 Å². The molecule has 0 saturated carbocycles. The van der Waals surface area contributed by atoms with Crippen LogP contribution in [0.25, 0.3) is 11.4 Å². The lowest BCUT2D eigenvalue weighted by Gasteiger charge is -2.06. The number of H-pyrrole nitrogens is 1. The minimum atomic E-state index is -0.0985. The van der Waals surface area contributed by atoms with Crippen LogP contribution >= 0.6 is 15.9 Å². The Morgan fingerprint density at radius 2 is 1.94 bits per heavy atom. The van der Waals surface area contributed by atoms with Gasteiger partial charge in [-0.1, -0.05) is 41.9 Å². The fraction of sp³-hybridized carbons (Fsp3) is 0.286. The topological polar surface area (TPSA) is 45.8 Å². The molecule has 3 nitrogen and oxygen atoms in total. The van der Waals surface area contributed by atoms with Gasteiger partial charge in [-0.3, -0.25) is 4.79 Å². The molecule has 0 radical (unpaired) electrons. The van der Waals surface area contributed by atoms with Crippen LogP contribution in [-0.4, -0.2) is 9.97 Å². The Kier molecular flexibility index (Phi) is 3.97. The van der Waals surface area contributed by atoms with Crippen molar-refractivity contribution in [1.29, 1.82) is 0 Å². The number of aromatic nitrogens is 2. The van der Waals surface area contributed by atoms with E-state index in [4.69, 9.17) is 0 Å². The van der Waals surface area contributed by atoms with Gasteiger partial charge in [0.25, 0.3) is 5.56 Å². The zero-order chi connectivity index (χ0) is 13.1. The first-order valence-corrected chi connectivity index (χ1v) is 6.70. The van der Waals surface area contributed by atoms with Crippen molar-refractivity contribution in [3.63, 3.8) is 0 Å². The number of rotatable bonds is 3. The van der Waals surface area contributed by atoms with E-state index in [9.17, 15) is 4.79 Å². The number of hydrogen-bond donors (Lipinski definition) is 1. The van der Waals surface area contributed by atoms with Crippen LogP contribution in [0.4, 0.5) is 0 Å². The fourth-order valence-electron chi connectivity index (χ4n) is 1.78. The normalized spacial score (nSPS) is 10.9. The Balaban J connectivity index is 2.41. The summed E-state index contributed by atoms with van der Waals surface area (Å²) < 4.78 is 1.01. The molecule has 1 N–H and O–H groups in total. The predicted octanol–water partition coefficient (Wildman–Crippen LogP) is 3.40. The van der Waals surface area contributed by atoms with Crippen LogP contribution in [0.15, 0.2) is 39.6 Å². The molecule has 0 amide bonds. The zero-order valence-corrected chi connectivity index (χ0v) is 12.0. The van der Waals surface area contributed by atoms with E-state index in [1.54, 1.807) is 6.07 Å². The van der Waals surface area contributed by atoms with Crippen LogP contribution in [0.3, 0.4) is 0 Å². The Hall–Kier alpha value is -1.42. The van der Waals surface area contributed by atoms with Crippen molar-refractivity contribution in [3.05, 3.63) is 50.9 Å². The molecule has 1 aromatic carbocycles. The molecule has 0 unspecified atom stereocenters. The highest BCUT2D eigenvalue weighted by Crippen LogP contribution is 2.18. The van der Waals surface area contributed by atoms with E-state index in [1.807, 2.05) is 24.3 Å². The Morgan fingerprint density at radius 1 is 1.28 bits per heavy atom. The van der Waals surface area contributed by atoms with Crippen molar-refractivity contribution in [2.75, 3.05) is 0 Å². The van der Waals surface area contributed by atoms with Gasteiger partial charge < -0.3 is 4.98 Å². The predicted molar refractivity (Wildman–Crippen MR) is 76.5 cm³/mol. The summed E-state index contributed by atoms with van der Waals surface area (Å²) in [5.41, 5.74) is 1.66. The van der Waals surface area contributed by atoms with Crippen molar-refractivity contribution in [1.82, 2.24) is 9.97 Å². The molecule has 1 aromatic heterocycles. The number of nitrogens with zero attached hydrogens (tertiary/aromatic N) is 1. The second kappa shape index (κ2) is 5.48. The molecule has 1 heterocycles. The summed E-state index contributed by atoms with van der Waals surface area (Å²) in [7, 11) is 0. The molecular weight excluding hydrogens is 292 g/mol. The minimum Gasteiger partial charge on any atom is -0.307 e. The van der Waals surface area contributed by atoms with E-state index in [2.05, 4.69) is 39.7 Å². The second-order valence-corrected chi connectivity index (χ2v) is 5.61. The summed E-state index contributed by atoms with van der Waals surface area (Å²) in [4.78, 5) is 18.9. The first kappa shape index (κ1) is 13.0. The molecule has 18 heavy (non-hydrogen) atoms. The summed E-state index contributed by atoms with van der Waals surface area (Å²) in [6, 6.07) is 9.31. The van der Waals surface area contributed by atoms with Gasteiger partial charge >= 0.3 is 0 Å². The number of halogens is 1. The molecule has 0 bridgehead atoms. The van der Waals surface area contributed by atoms with Gasteiger partial charge in [-0.05, 0) is 24.5 Å². The molecule has 4 heteroatoms. The highest BCUT2D eigenvalue weighted by molar-refractivity contribution is 9.10.